The molecular formula is C15H25N5O. The van der Waals surface area contributed by atoms with Crippen LogP contribution in [-0.2, 0) is 6.54 Å². The van der Waals surface area contributed by atoms with Crippen molar-refractivity contribution in [2.24, 2.45) is 5.92 Å². The molecule has 1 aromatic heterocycles. The zero-order valence-corrected chi connectivity index (χ0v) is 12.9. The number of amides is 2. The van der Waals surface area contributed by atoms with Crippen molar-refractivity contribution in [2.45, 2.75) is 45.3 Å². The van der Waals surface area contributed by atoms with Crippen LogP contribution >= 0.6 is 0 Å². The Morgan fingerprint density at radius 2 is 2.33 bits per heavy atom. The third-order valence-electron chi connectivity index (χ3n) is 4.53. The van der Waals surface area contributed by atoms with Crippen molar-refractivity contribution in [3.05, 3.63) is 18.2 Å². The number of piperidine rings is 1. The van der Waals surface area contributed by atoms with Gasteiger partial charge in [-0.3, -0.25) is 0 Å². The van der Waals surface area contributed by atoms with Crippen LogP contribution in [0, 0.1) is 5.92 Å². The molecule has 21 heavy (non-hydrogen) atoms. The van der Waals surface area contributed by atoms with Gasteiger partial charge in [0.25, 0.3) is 0 Å². The molecule has 4 rings (SSSR count). The molecule has 2 bridgehead atoms. The Hall–Kier alpha value is -1.56. The van der Waals surface area contributed by atoms with Crippen LogP contribution in [0.3, 0.4) is 0 Å². The summed E-state index contributed by atoms with van der Waals surface area (Å²) in [7, 11) is 0. The molecule has 2 N–H and O–H groups in total. The molecule has 6 heteroatoms. The van der Waals surface area contributed by atoms with Crippen molar-refractivity contribution >= 4 is 6.03 Å². The summed E-state index contributed by atoms with van der Waals surface area (Å²) >= 11 is 0. The number of carbonyl (C=O) groups excluding carboxylic acids is 1. The Morgan fingerprint density at radius 3 is 3.05 bits per heavy atom. The highest BCUT2D eigenvalue weighted by atomic mass is 16.2. The lowest BCUT2D eigenvalue weighted by atomic mass is 9.97. The molecule has 0 radical (unpaired) electrons. The molecule has 0 aliphatic carbocycles. The highest BCUT2D eigenvalue weighted by molar-refractivity contribution is 5.74. The van der Waals surface area contributed by atoms with Gasteiger partial charge in [0.05, 0.1) is 6.54 Å². The molecule has 4 heterocycles. The van der Waals surface area contributed by atoms with Crippen LogP contribution in [0.25, 0.3) is 0 Å². The van der Waals surface area contributed by atoms with E-state index in [0.717, 1.165) is 25.5 Å². The van der Waals surface area contributed by atoms with E-state index in [1.165, 1.54) is 12.8 Å². The smallest absolute Gasteiger partial charge is 0.317 e. The third kappa shape index (κ3) is 3.20. The maximum atomic E-state index is 12.4. The van der Waals surface area contributed by atoms with Gasteiger partial charge in [0.15, 0.2) is 0 Å². The van der Waals surface area contributed by atoms with Gasteiger partial charge in [0.1, 0.15) is 5.82 Å². The maximum absolute atomic E-state index is 12.4. The lowest BCUT2D eigenvalue weighted by Crippen LogP contribution is -2.44. The number of fused-ring (bicyclic) bond motifs is 4. The number of urea groups is 1. The standard InChI is InChI=1S/C15H25N5O/c1-11(2)20-6-5-16-14(20)8-18-15(21)19-9-12-3-4-13(10-19)17-7-12/h5-6,11-13,17H,3-4,7-10H2,1-2H3,(H,18,21)/t12-,13-/m0/s1. The number of hydrogen-bond donors (Lipinski definition) is 2. The monoisotopic (exact) mass is 291 g/mol. The summed E-state index contributed by atoms with van der Waals surface area (Å²) in [6.07, 6.45) is 6.17. The fraction of sp³-hybridized carbons (Fsp3) is 0.733. The first-order valence-corrected chi connectivity index (χ1v) is 7.91. The quantitative estimate of drug-likeness (QED) is 0.884. The number of rotatable bonds is 3. The highest BCUT2D eigenvalue weighted by Crippen LogP contribution is 2.21. The van der Waals surface area contributed by atoms with Gasteiger partial charge in [0, 0.05) is 37.6 Å². The van der Waals surface area contributed by atoms with E-state index in [4.69, 9.17) is 0 Å². The minimum Gasteiger partial charge on any atom is -0.331 e. The topological polar surface area (TPSA) is 62.2 Å². The Morgan fingerprint density at radius 1 is 1.48 bits per heavy atom. The number of imidazole rings is 1. The largest absolute Gasteiger partial charge is 0.331 e. The fourth-order valence-electron chi connectivity index (χ4n) is 3.32. The summed E-state index contributed by atoms with van der Waals surface area (Å²) in [4.78, 5) is 18.7. The van der Waals surface area contributed by atoms with Crippen molar-refractivity contribution in [3.63, 3.8) is 0 Å². The zero-order chi connectivity index (χ0) is 14.8. The van der Waals surface area contributed by atoms with Gasteiger partial charge in [0.2, 0.25) is 0 Å². The van der Waals surface area contributed by atoms with Crippen LogP contribution in [0.15, 0.2) is 12.4 Å². The Balaban J connectivity index is 1.58. The number of nitrogens with one attached hydrogen (secondary N) is 2. The van der Waals surface area contributed by atoms with E-state index >= 15 is 0 Å². The van der Waals surface area contributed by atoms with Crippen molar-refractivity contribution in [2.75, 3.05) is 19.6 Å². The van der Waals surface area contributed by atoms with Crippen molar-refractivity contribution in [1.82, 2.24) is 25.1 Å². The molecule has 3 aliphatic rings. The molecule has 3 aliphatic heterocycles. The minimum absolute atomic E-state index is 0.0360. The molecule has 3 fully saturated rings. The van der Waals surface area contributed by atoms with Crippen LogP contribution in [0.2, 0.25) is 0 Å². The Labute approximate surface area is 125 Å². The van der Waals surface area contributed by atoms with Gasteiger partial charge >= 0.3 is 6.03 Å². The molecule has 0 unspecified atom stereocenters. The minimum atomic E-state index is 0.0360. The summed E-state index contributed by atoms with van der Waals surface area (Å²) < 4.78 is 2.09. The summed E-state index contributed by atoms with van der Waals surface area (Å²) in [5.74, 6) is 1.52. The van der Waals surface area contributed by atoms with Gasteiger partial charge in [-0.15, -0.1) is 0 Å². The second-order valence-corrected chi connectivity index (χ2v) is 6.46. The normalized spacial score (nSPS) is 25.2. The predicted octanol–water partition coefficient (Wildman–Crippen LogP) is 1.36. The maximum Gasteiger partial charge on any atom is 0.317 e. The molecule has 116 valence electrons. The van der Waals surface area contributed by atoms with Gasteiger partial charge in [-0.25, -0.2) is 9.78 Å². The van der Waals surface area contributed by atoms with Gasteiger partial charge < -0.3 is 20.1 Å². The molecule has 0 aromatic carbocycles. The second kappa shape index (κ2) is 6.05. The first-order chi connectivity index (χ1) is 10.1. The Bertz CT molecular complexity index is 476. The fourth-order valence-corrected chi connectivity index (χ4v) is 3.32. The molecular weight excluding hydrogens is 266 g/mol. The van der Waals surface area contributed by atoms with Gasteiger partial charge in [-0.05, 0) is 39.2 Å². The van der Waals surface area contributed by atoms with E-state index in [1.807, 2.05) is 11.1 Å². The van der Waals surface area contributed by atoms with E-state index in [0.29, 0.717) is 24.5 Å². The van der Waals surface area contributed by atoms with Crippen molar-refractivity contribution in [1.29, 1.82) is 0 Å². The summed E-state index contributed by atoms with van der Waals surface area (Å²) in [6, 6.07) is 0.860. The van der Waals surface area contributed by atoms with Crippen molar-refractivity contribution in [3.8, 4) is 0 Å². The first-order valence-electron chi connectivity index (χ1n) is 7.91. The molecule has 2 amide bonds. The second-order valence-electron chi connectivity index (χ2n) is 6.46. The summed E-state index contributed by atoms with van der Waals surface area (Å²) in [5.41, 5.74) is 0. The van der Waals surface area contributed by atoms with E-state index in [2.05, 4.69) is 34.0 Å². The molecule has 3 saturated heterocycles. The highest BCUT2D eigenvalue weighted by Gasteiger charge is 2.31. The van der Waals surface area contributed by atoms with Crippen LogP contribution < -0.4 is 10.6 Å². The molecule has 2 atom stereocenters. The van der Waals surface area contributed by atoms with E-state index < -0.39 is 0 Å². The average Bonchev–Trinajstić information content (AvgIpc) is 2.74. The van der Waals surface area contributed by atoms with E-state index in [-0.39, 0.29) is 6.03 Å². The molecule has 6 nitrogen and oxygen atoms in total. The summed E-state index contributed by atoms with van der Waals surface area (Å²) in [6.45, 7) is 7.46. The van der Waals surface area contributed by atoms with Crippen LogP contribution in [-0.4, -0.2) is 46.2 Å². The zero-order valence-electron chi connectivity index (χ0n) is 12.9. The number of hydrogen-bond acceptors (Lipinski definition) is 3. The van der Waals surface area contributed by atoms with Gasteiger partial charge in [-0.1, -0.05) is 0 Å². The van der Waals surface area contributed by atoms with E-state index in [1.54, 1.807) is 6.20 Å². The lowest BCUT2D eigenvalue weighted by molar-refractivity contribution is 0.194. The Kier molecular flexibility index (Phi) is 4.14. The van der Waals surface area contributed by atoms with Gasteiger partial charge in [-0.2, -0.15) is 0 Å². The number of nitrogens with zero attached hydrogens (tertiary/aromatic N) is 3. The number of carbonyl (C=O) groups is 1. The van der Waals surface area contributed by atoms with Crippen molar-refractivity contribution < 1.29 is 4.79 Å². The summed E-state index contributed by atoms with van der Waals surface area (Å²) in [5, 5.41) is 6.54. The van der Waals surface area contributed by atoms with Crippen LogP contribution in [0.4, 0.5) is 4.79 Å². The molecule has 0 saturated carbocycles. The average molecular weight is 291 g/mol. The third-order valence-corrected chi connectivity index (χ3v) is 4.53. The molecule has 0 spiro atoms. The predicted molar refractivity (Wildman–Crippen MR) is 80.9 cm³/mol. The molecule has 1 aromatic rings. The lowest BCUT2D eigenvalue weighted by Gasteiger charge is -2.23. The number of aromatic nitrogens is 2. The van der Waals surface area contributed by atoms with Crippen LogP contribution in [0.1, 0.15) is 38.6 Å². The SMILES string of the molecule is CC(C)n1ccnc1CNC(=O)N1C[C@H]2CC[C@@H](C1)NC2. The first kappa shape index (κ1) is 14.4. The van der Waals surface area contributed by atoms with E-state index in [9.17, 15) is 4.79 Å². The van der Waals surface area contributed by atoms with Crippen LogP contribution in [0.5, 0.6) is 0 Å².